The first kappa shape index (κ1) is 21.6. The zero-order valence-electron chi connectivity index (χ0n) is 18.1. The number of amides is 3. The molecule has 1 aliphatic rings. The number of carbonyl (C=O) groups is 3. The third-order valence-electron chi connectivity index (χ3n) is 5.36. The van der Waals surface area contributed by atoms with E-state index in [1.807, 2.05) is 37.3 Å². The van der Waals surface area contributed by atoms with Crippen molar-refractivity contribution in [1.29, 1.82) is 0 Å². The highest BCUT2D eigenvalue weighted by atomic mass is 16.2. The molecule has 0 aromatic heterocycles. The molecule has 0 spiro atoms. The van der Waals surface area contributed by atoms with Crippen molar-refractivity contribution in [2.75, 3.05) is 23.3 Å². The molecule has 1 heterocycles. The first-order valence-corrected chi connectivity index (χ1v) is 10.4. The lowest BCUT2D eigenvalue weighted by Crippen LogP contribution is -2.31. The SMILES string of the molecule is CCN(c1ccc(NC(=O)CCCN2C(=O)c3ccc(C)cc3C2=O)cc1)C(C)C. The van der Waals surface area contributed by atoms with E-state index in [9.17, 15) is 14.4 Å². The van der Waals surface area contributed by atoms with Crippen molar-refractivity contribution in [3.05, 3.63) is 59.2 Å². The summed E-state index contributed by atoms with van der Waals surface area (Å²) in [5.74, 6) is -0.691. The van der Waals surface area contributed by atoms with E-state index in [-0.39, 0.29) is 30.7 Å². The molecule has 1 aliphatic heterocycles. The fourth-order valence-electron chi connectivity index (χ4n) is 3.81. The highest BCUT2D eigenvalue weighted by Gasteiger charge is 2.34. The van der Waals surface area contributed by atoms with E-state index in [4.69, 9.17) is 0 Å². The van der Waals surface area contributed by atoms with Crippen LogP contribution < -0.4 is 10.2 Å². The lowest BCUT2D eigenvalue weighted by atomic mass is 10.1. The number of hydrogen-bond acceptors (Lipinski definition) is 4. The third kappa shape index (κ3) is 4.53. The number of anilines is 2. The van der Waals surface area contributed by atoms with Crippen LogP contribution in [0.3, 0.4) is 0 Å². The second-order valence-electron chi connectivity index (χ2n) is 7.89. The van der Waals surface area contributed by atoms with Crippen LogP contribution in [0.15, 0.2) is 42.5 Å². The molecule has 0 atom stereocenters. The van der Waals surface area contributed by atoms with Gasteiger partial charge >= 0.3 is 0 Å². The number of nitrogens with zero attached hydrogens (tertiary/aromatic N) is 2. The maximum absolute atomic E-state index is 12.5. The van der Waals surface area contributed by atoms with Gasteiger partial charge in [0.1, 0.15) is 0 Å². The summed E-state index contributed by atoms with van der Waals surface area (Å²) in [7, 11) is 0. The Kier molecular flexibility index (Phi) is 6.55. The van der Waals surface area contributed by atoms with Gasteiger partial charge in [-0.15, -0.1) is 0 Å². The molecule has 0 bridgehead atoms. The average Bonchev–Trinajstić information content (AvgIpc) is 2.94. The monoisotopic (exact) mass is 407 g/mol. The molecule has 0 saturated heterocycles. The molecule has 6 nitrogen and oxygen atoms in total. The number of imide groups is 1. The number of hydrogen-bond donors (Lipinski definition) is 1. The molecule has 0 saturated carbocycles. The van der Waals surface area contributed by atoms with Crippen LogP contribution in [0.2, 0.25) is 0 Å². The minimum atomic E-state index is -0.281. The number of rotatable bonds is 8. The molecule has 158 valence electrons. The maximum atomic E-state index is 12.5. The van der Waals surface area contributed by atoms with Gasteiger partial charge in [-0.3, -0.25) is 19.3 Å². The molecule has 0 aliphatic carbocycles. The summed E-state index contributed by atoms with van der Waals surface area (Å²) in [6.07, 6.45) is 0.659. The van der Waals surface area contributed by atoms with E-state index in [0.717, 1.165) is 23.5 Å². The number of nitrogens with one attached hydrogen (secondary N) is 1. The van der Waals surface area contributed by atoms with Crippen LogP contribution in [0.4, 0.5) is 11.4 Å². The highest BCUT2D eigenvalue weighted by Crippen LogP contribution is 2.24. The lowest BCUT2D eigenvalue weighted by molar-refractivity contribution is -0.116. The van der Waals surface area contributed by atoms with Crippen LogP contribution in [0.25, 0.3) is 0 Å². The van der Waals surface area contributed by atoms with E-state index in [1.165, 1.54) is 4.90 Å². The summed E-state index contributed by atoms with van der Waals surface area (Å²) in [6, 6.07) is 13.5. The minimum absolute atomic E-state index is 0.133. The highest BCUT2D eigenvalue weighted by molar-refractivity contribution is 6.21. The number of benzene rings is 2. The van der Waals surface area contributed by atoms with Gasteiger partial charge in [-0.1, -0.05) is 11.6 Å². The fraction of sp³-hybridized carbons (Fsp3) is 0.375. The zero-order chi connectivity index (χ0) is 21.8. The van der Waals surface area contributed by atoms with Crippen LogP contribution in [0, 0.1) is 6.92 Å². The molecule has 0 radical (unpaired) electrons. The van der Waals surface area contributed by atoms with E-state index in [2.05, 4.69) is 31.0 Å². The molecule has 2 aromatic rings. The number of aryl methyl sites for hydroxylation is 1. The smallest absolute Gasteiger partial charge is 0.261 e. The van der Waals surface area contributed by atoms with Crippen molar-refractivity contribution in [1.82, 2.24) is 4.90 Å². The number of carbonyl (C=O) groups excluding carboxylic acids is 3. The van der Waals surface area contributed by atoms with Gasteiger partial charge < -0.3 is 10.2 Å². The predicted molar refractivity (Wildman–Crippen MR) is 119 cm³/mol. The molecule has 3 rings (SSSR count). The molecule has 0 fully saturated rings. The number of fused-ring (bicyclic) bond motifs is 1. The van der Waals surface area contributed by atoms with Crippen molar-refractivity contribution in [2.24, 2.45) is 0 Å². The molecular weight excluding hydrogens is 378 g/mol. The van der Waals surface area contributed by atoms with Gasteiger partial charge in [0.15, 0.2) is 0 Å². The Morgan fingerprint density at radius 3 is 2.33 bits per heavy atom. The summed E-state index contributed by atoms with van der Waals surface area (Å²) in [5.41, 5.74) is 3.69. The normalized spacial score (nSPS) is 13.0. The summed E-state index contributed by atoms with van der Waals surface area (Å²) in [4.78, 5) is 40.7. The van der Waals surface area contributed by atoms with Crippen molar-refractivity contribution < 1.29 is 14.4 Å². The fourth-order valence-corrected chi connectivity index (χ4v) is 3.81. The maximum Gasteiger partial charge on any atom is 0.261 e. The second kappa shape index (κ2) is 9.11. The summed E-state index contributed by atoms with van der Waals surface area (Å²) >= 11 is 0. The molecule has 3 amide bonds. The van der Waals surface area contributed by atoms with Gasteiger partial charge in [-0.05, 0) is 70.5 Å². The predicted octanol–water partition coefficient (Wildman–Crippen LogP) is 4.24. The zero-order valence-corrected chi connectivity index (χ0v) is 18.1. The first-order chi connectivity index (χ1) is 14.3. The Labute approximate surface area is 177 Å². The van der Waals surface area contributed by atoms with Crippen molar-refractivity contribution in [2.45, 2.75) is 46.6 Å². The molecule has 6 heteroatoms. The van der Waals surface area contributed by atoms with E-state index in [0.29, 0.717) is 23.6 Å². The Morgan fingerprint density at radius 1 is 1.03 bits per heavy atom. The Morgan fingerprint density at radius 2 is 1.70 bits per heavy atom. The quantitative estimate of drug-likeness (QED) is 0.665. The lowest BCUT2D eigenvalue weighted by Gasteiger charge is -2.27. The van der Waals surface area contributed by atoms with Crippen LogP contribution in [-0.4, -0.2) is 41.8 Å². The first-order valence-electron chi connectivity index (χ1n) is 10.4. The Balaban J connectivity index is 1.51. The molecule has 1 N–H and O–H groups in total. The summed E-state index contributed by atoms with van der Waals surface area (Å²) < 4.78 is 0. The van der Waals surface area contributed by atoms with Crippen molar-refractivity contribution >= 4 is 29.1 Å². The van der Waals surface area contributed by atoms with Crippen LogP contribution >= 0.6 is 0 Å². The van der Waals surface area contributed by atoms with E-state index >= 15 is 0 Å². The van der Waals surface area contributed by atoms with Gasteiger partial charge in [0.05, 0.1) is 11.1 Å². The summed E-state index contributed by atoms with van der Waals surface area (Å²) in [6.45, 7) is 9.45. The van der Waals surface area contributed by atoms with Crippen molar-refractivity contribution in [3.63, 3.8) is 0 Å². The van der Waals surface area contributed by atoms with E-state index in [1.54, 1.807) is 12.1 Å². The average molecular weight is 408 g/mol. The molecular formula is C24H29N3O3. The van der Waals surface area contributed by atoms with Crippen LogP contribution in [-0.2, 0) is 4.79 Å². The van der Waals surface area contributed by atoms with Gasteiger partial charge in [-0.2, -0.15) is 0 Å². The van der Waals surface area contributed by atoms with Crippen LogP contribution in [0.1, 0.15) is 59.9 Å². The standard InChI is InChI=1S/C24H29N3O3/c1-5-26(16(2)3)19-11-9-18(10-12-19)25-22(28)7-6-14-27-23(29)20-13-8-17(4)15-21(20)24(27)30/h8-13,15-16H,5-7,14H2,1-4H3,(H,25,28). The van der Waals surface area contributed by atoms with Gasteiger partial charge in [0, 0.05) is 36.9 Å². The topological polar surface area (TPSA) is 69.7 Å². The van der Waals surface area contributed by atoms with Gasteiger partial charge in [-0.25, -0.2) is 0 Å². The molecule has 0 unspecified atom stereocenters. The molecule has 30 heavy (non-hydrogen) atoms. The van der Waals surface area contributed by atoms with Gasteiger partial charge in [0.25, 0.3) is 11.8 Å². The van der Waals surface area contributed by atoms with Gasteiger partial charge in [0.2, 0.25) is 5.91 Å². The summed E-state index contributed by atoms with van der Waals surface area (Å²) in [5, 5.41) is 2.88. The molecule has 2 aromatic carbocycles. The third-order valence-corrected chi connectivity index (χ3v) is 5.36. The largest absolute Gasteiger partial charge is 0.369 e. The Hall–Kier alpha value is -3.15. The van der Waals surface area contributed by atoms with Crippen molar-refractivity contribution in [3.8, 4) is 0 Å². The van der Waals surface area contributed by atoms with Crippen LogP contribution in [0.5, 0.6) is 0 Å². The Bertz CT molecular complexity index is 951. The second-order valence-corrected chi connectivity index (χ2v) is 7.89. The minimum Gasteiger partial charge on any atom is -0.369 e. The van der Waals surface area contributed by atoms with E-state index < -0.39 is 0 Å².